The van der Waals surface area contributed by atoms with E-state index in [1.54, 1.807) is 0 Å². The van der Waals surface area contributed by atoms with E-state index < -0.39 is 11.6 Å². The van der Waals surface area contributed by atoms with Crippen molar-refractivity contribution in [3.8, 4) is 0 Å². The second-order valence-corrected chi connectivity index (χ2v) is 8.59. The van der Waals surface area contributed by atoms with Crippen LogP contribution in [0.25, 0.3) is 0 Å². The van der Waals surface area contributed by atoms with Crippen LogP contribution in [0, 0.1) is 17.3 Å². The van der Waals surface area contributed by atoms with Gasteiger partial charge in [-0.25, -0.2) is 4.79 Å². The number of nitrogens with zero attached hydrogens (tertiary/aromatic N) is 1. The molecular weight excluding hydrogens is 308 g/mol. The van der Waals surface area contributed by atoms with Crippen molar-refractivity contribution in [2.24, 2.45) is 17.3 Å². The molecule has 0 radical (unpaired) electrons. The first kappa shape index (κ1) is 17.2. The lowest BCUT2D eigenvalue weighted by Gasteiger charge is -2.43. The molecule has 3 rings (SSSR count). The first-order valence-electron chi connectivity index (χ1n) is 8.82. The molecule has 2 atom stereocenters. The quantitative estimate of drug-likeness (QED) is 0.651. The van der Waals surface area contributed by atoms with Crippen molar-refractivity contribution < 1.29 is 14.4 Å². The molecule has 2 heterocycles. The van der Waals surface area contributed by atoms with Gasteiger partial charge in [-0.3, -0.25) is 14.5 Å². The van der Waals surface area contributed by atoms with Gasteiger partial charge in [0, 0.05) is 25.6 Å². The van der Waals surface area contributed by atoms with Crippen LogP contribution in [0.5, 0.6) is 0 Å². The normalized spacial score (nSPS) is 32.6. The number of hydrogen-bond acceptors (Lipinski definition) is 4. The number of hydrogen-bond donors (Lipinski definition) is 3. The van der Waals surface area contributed by atoms with Crippen molar-refractivity contribution in [1.29, 1.82) is 0 Å². The van der Waals surface area contributed by atoms with Crippen molar-refractivity contribution in [2.75, 3.05) is 26.2 Å². The number of carbonyl (C=O) groups excluding carboxylic acids is 3. The molecule has 3 N–H and O–H groups in total. The Morgan fingerprint density at radius 3 is 2.58 bits per heavy atom. The van der Waals surface area contributed by atoms with Crippen LogP contribution in [0.4, 0.5) is 4.79 Å². The van der Waals surface area contributed by atoms with E-state index in [4.69, 9.17) is 0 Å². The van der Waals surface area contributed by atoms with Crippen LogP contribution in [0.1, 0.15) is 40.0 Å². The second kappa shape index (κ2) is 6.02. The van der Waals surface area contributed by atoms with Crippen LogP contribution in [0.15, 0.2) is 0 Å². The molecule has 4 amide bonds. The predicted octanol–water partition coefficient (Wildman–Crippen LogP) is 0.459. The van der Waals surface area contributed by atoms with Crippen molar-refractivity contribution in [3.05, 3.63) is 0 Å². The molecule has 1 aliphatic carbocycles. The lowest BCUT2D eigenvalue weighted by molar-refractivity contribution is -0.137. The van der Waals surface area contributed by atoms with Gasteiger partial charge >= 0.3 is 6.03 Å². The van der Waals surface area contributed by atoms with Crippen LogP contribution < -0.4 is 16.0 Å². The van der Waals surface area contributed by atoms with E-state index in [-0.39, 0.29) is 23.8 Å². The zero-order chi connectivity index (χ0) is 17.5. The van der Waals surface area contributed by atoms with E-state index >= 15 is 0 Å². The fourth-order valence-electron chi connectivity index (χ4n) is 4.60. The monoisotopic (exact) mass is 336 g/mol. The minimum absolute atomic E-state index is 0.00387. The molecule has 7 nitrogen and oxygen atoms in total. The molecule has 0 aromatic carbocycles. The Kier molecular flexibility index (Phi) is 4.32. The molecule has 0 aromatic heterocycles. The zero-order valence-corrected chi connectivity index (χ0v) is 14.8. The maximum Gasteiger partial charge on any atom is 0.325 e. The number of nitrogens with one attached hydrogen (secondary N) is 3. The van der Waals surface area contributed by atoms with Gasteiger partial charge in [-0.05, 0) is 30.6 Å². The smallest absolute Gasteiger partial charge is 0.325 e. The molecule has 0 aromatic rings. The molecule has 7 heteroatoms. The lowest BCUT2D eigenvalue weighted by atomic mass is 9.64. The summed E-state index contributed by atoms with van der Waals surface area (Å²) in [5, 5.41) is 8.85. The van der Waals surface area contributed by atoms with Gasteiger partial charge in [0.25, 0.3) is 5.91 Å². The summed E-state index contributed by atoms with van der Waals surface area (Å²) in [5.41, 5.74) is -0.841. The van der Waals surface area contributed by atoms with Crippen molar-refractivity contribution >= 4 is 17.8 Å². The van der Waals surface area contributed by atoms with Gasteiger partial charge in [-0.15, -0.1) is 0 Å². The van der Waals surface area contributed by atoms with Gasteiger partial charge in [-0.1, -0.05) is 20.8 Å². The summed E-state index contributed by atoms with van der Waals surface area (Å²) in [6.45, 7) is 8.58. The average molecular weight is 336 g/mol. The van der Waals surface area contributed by atoms with E-state index in [0.717, 1.165) is 24.4 Å². The van der Waals surface area contributed by atoms with Crippen LogP contribution in [-0.4, -0.2) is 54.5 Å². The van der Waals surface area contributed by atoms with E-state index in [0.29, 0.717) is 31.2 Å². The van der Waals surface area contributed by atoms with Crippen molar-refractivity contribution in [1.82, 2.24) is 20.9 Å². The van der Waals surface area contributed by atoms with Gasteiger partial charge in [0.2, 0.25) is 5.91 Å². The van der Waals surface area contributed by atoms with Crippen molar-refractivity contribution in [3.63, 3.8) is 0 Å². The highest BCUT2D eigenvalue weighted by Crippen LogP contribution is 2.46. The van der Waals surface area contributed by atoms with Crippen molar-refractivity contribution in [2.45, 2.75) is 45.6 Å². The summed E-state index contributed by atoms with van der Waals surface area (Å²) in [7, 11) is 0. The number of imide groups is 1. The molecule has 3 fully saturated rings. The fourth-order valence-corrected chi connectivity index (χ4v) is 4.60. The number of amides is 4. The van der Waals surface area contributed by atoms with Crippen LogP contribution in [0.2, 0.25) is 0 Å². The Morgan fingerprint density at radius 2 is 2.00 bits per heavy atom. The highest BCUT2D eigenvalue weighted by Gasteiger charge is 2.56. The van der Waals surface area contributed by atoms with E-state index in [9.17, 15) is 14.4 Å². The maximum atomic E-state index is 12.9. The van der Waals surface area contributed by atoms with Gasteiger partial charge in [0.15, 0.2) is 0 Å². The van der Waals surface area contributed by atoms with Crippen LogP contribution in [0.3, 0.4) is 0 Å². The summed E-state index contributed by atoms with van der Waals surface area (Å²) < 4.78 is 0. The SMILES string of the molecule is CC1CC(C)(C)CC2(C1)NC(=O)N(CC(=O)NCC1CNC1)C2=O. The largest absolute Gasteiger partial charge is 0.354 e. The minimum atomic E-state index is -0.837. The molecule has 3 aliphatic rings. The molecule has 2 aliphatic heterocycles. The van der Waals surface area contributed by atoms with Gasteiger partial charge in [0.1, 0.15) is 12.1 Å². The summed E-state index contributed by atoms with van der Waals surface area (Å²) in [5.74, 6) is 0.291. The molecule has 134 valence electrons. The Hall–Kier alpha value is -1.63. The van der Waals surface area contributed by atoms with Gasteiger partial charge < -0.3 is 16.0 Å². The Balaban J connectivity index is 1.64. The van der Waals surface area contributed by atoms with E-state index in [1.807, 2.05) is 0 Å². The third kappa shape index (κ3) is 3.27. The molecule has 0 bridgehead atoms. The molecule has 2 saturated heterocycles. The predicted molar refractivity (Wildman–Crippen MR) is 89.1 cm³/mol. The Bertz CT molecular complexity index is 558. The summed E-state index contributed by atoms with van der Waals surface area (Å²) in [6.07, 6.45) is 2.31. The zero-order valence-electron chi connectivity index (χ0n) is 14.8. The number of rotatable bonds is 4. The summed E-state index contributed by atoms with van der Waals surface area (Å²) >= 11 is 0. The number of carbonyl (C=O) groups is 3. The summed E-state index contributed by atoms with van der Waals surface area (Å²) in [6, 6.07) is -0.439. The summed E-state index contributed by atoms with van der Waals surface area (Å²) in [4.78, 5) is 38.4. The average Bonchev–Trinajstić information content (AvgIpc) is 2.58. The van der Waals surface area contributed by atoms with Crippen LogP contribution >= 0.6 is 0 Å². The molecular formula is C17H28N4O3. The third-order valence-electron chi connectivity index (χ3n) is 5.38. The highest BCUT2D eigenvalue weighted by molar-refractivity contribution is 6.09. The van der Waals surface area contributed by atoms with E-state index in [1.165, 1.54) is 0 Å². The highest BCUT2D eigenvalue weighted by atomic mass is 16.2. The Labute approximate surface area is 142 Å². The molecule has 1 saturated carbocycles. The standard InChI is InChI=1S/C17H28N4O3/c1-11-4-16(2,3)10-17(5-11)14(23)21(15(24)20-17)9-13(22)19-8-12-6-18-7-12/h11-12,18H,4-10H2,1-3H3,(H,19,22)(H,20,24). The lowest BCUT2D eigenvalue weighted by Crippen LogP contribution is -2.54. The first-order chi connectivity index (χ1) is 11.2. The number of urea groups is 1. The first-order valence-corrected chi connectivity index (χ1v) is 8.82. The Morgan fingerprint density at radius 1 is 1.29 bits per heavy atom. The second-order valence-electron chi connectivity index (χ2n) is 8.59. The third-order valence-corrected chi connectivity index (χ3v) is 5.38. The molecule has 24 heavy (non-hydrogen) atoms. The molecule has 1 spiro atoms. The fraction of sp³-hybridized carbons (Fsp3) is 0.824. The van der Waals surface area contributed by atoms with Gasteiger partial charge in [-0.2, -0.15) is 0 Å². The molecule has 2 unspecified atom stereocenters. The maximum absolute atomic E-state index is 12.9. The topological polar surface area (TPSA) is 90.5 Å². The van der Waals surface area contributed by atoms with Gasteiger partial charge in [0.05, 0.1) is 0 Å². The minimum Gasteiger partial charge on any atom is -0.354 e. The van der Waals surface area contributed by atoms with Crippen LogP contribution in [-0.2, 0) is 9.59 Å². The van der Waals surface area contributed by atoms with E-state index in [2.05, 4.69) is 36.7 Å².